The topological polar surface area (TPSA) is 67.8 Å². The minimum atomic E-state index is -0.982. The van der Waals surface area contributed by atoms with Gasteiger partial charge < -0.3 is 15.6 Å². The Morgan fingerprint density at radius 1 is 1.67 bits per heavy atom. The third kappa shape index (κ3) is 2.66. The summed E-state index contributed by atoms with van der Waals surface area (Å²) in [6, 6.07) is 0.0138. The van der Waals surface area contributed by atoms with Crippen LogP contribution in [0.3, 0.4) is 0 Å². The molecule has 0 aromatic heterocycles. The van der Waals surface area contributed by atoms with Gasteiger partial charge in [0.1, 0.15) is 0 Å². The molecule has 0 spiro atoms. The Morgan fingerprint density at radius 2 is 2.42 bits per heavy atom. The average molecular weight is 169 g/mol. The van der Waals surface area contributed by atoms with Crippen molar-refractivity contribution in [3.8, 4) is 0 Å². The van der Waals surface area contributed by atoms with E-state index in [0.717, 1.165) is 19.3 Å². The quantitative estimate of drug-likeness (QED) is 0.556. The number of carboxylic acids is 1. The molecule has 1 aliphatic rings. The molecule has 0 radical (unpaired) electrons. The van der Waals surface area contributed by atoms with E-state index in [1.807, 2.05) is 0 Å². The Balaban J connectivity index is 2.35. The van der Waals surface area contributed by atoms with E-state index in [2.05, 4.69) is 17.9 Å². The highest BCUT2D eigenvalue weighted by atomic mass is 16.4. The summed E-state index contributed by atoms with van der Waals surface area (Å²) in [5.74, 6) is -0.544. The number of carboxylic acid groups (broad SMARTS) is 1. The summed E-state index contributed by atoms with van der Waals surface area (Å²) >= 11 is 0. The minimum absolute atomic E-state index is 0.0138. The molecule has 68 valence electrons. The Kier molecular flexibility index (Phi) is 3.29. The predicted molar refractivity (Wildman–Crippen MR) is 42.8 cm³/mol. The number of hydrogen-bond donors (Lipinski definition) is 1. The highest BCUT2D eigenvalue weighted by Gasteiger charge is 2.20. The van der Waals surface area contributed by atoms with Gasteiger partial charge in [-0.05, 0) is 19.3 Å². The zero-order valence-electron chi connectivity index (χ0n) is 7.16. The van der Waals surface area contributed by atoms with Crippen LogP contribution in [-0.2, 0) is 4.79 Å². The lowest BCUT2D eigenvalue weighted by Crippen LogP contribution is -2.65. The first-order chi connectivity index (χ1) is 5.70. The monoisotopic (exact) mass is 169 g/mol. The predicted octanol–water partition coefficient (Wildman–Crippen LogP) is -0.907. The number of rotatable bonds is 3. The van der Waals surface area contributed by atoms with Gasteiger partial charge in [0.2, 0.25) is 0 Å². The summed E-state index contributed by atoms with van der Waals surface area (Å²) in [5.41, 5.74) is 3.85. The molecule has 12 heavy (non-hydrogen) atoms. The normalized spacial score (nSPS) is 25.2. The lowest BCUT2D eigenvalue weighted by atomic mass is 9.87. The summed E-state index contributed by atoms with van der Waals surface area (Å²) in [4.78, 5) is 10.3. The largest absolute Gasteiger partial charge is 0.550 e. The average Bonchev–Trinajstić information content (AvgIpc) is 2.05. The molecular formula is C9H15NO2. The molecule has 3 nitrogen and oxygen atoms in total. The van der Waals surface area contributed by atoms with Gasteiger partial charge in [-0.2, -0.15) is 0 Å². The van der Waals surface area contributed by atoms with Crippen LogP contribution in [0.4, 0.5) is 0 Å². The maximum absolute atomic E-state index is 10.3. The molecule has 0 unspecified atom stereocenters. The van der Waals surface area contributed by atoms with Crippen molar-refractivity contribution in [3.63, 3.8) is 0 Å². The van der Waals surface area contributed by atoms with Crippen molar-refractivity contribution < 1.29 is 15.6 Å². The number of carbonyl (C=O) groups is 1. The van der Waals surface area contributed by atoms with Crippen LogP contribution in [0.5, 0.6) is 0 Å². The van der Waals surface area contributed by atoms with E-state index in [-0.39, 0.29) is 12.5 Å². The summed E-state index contributed by atoms with van der Waals surface area (Å²) in [5, 5.41) is 10.3. The number of carbonyl (C=O) groups excluding carboxylic acids is 1. The van der Waals surface area contributed by atoms with Crippen molar-refractivity contribution in [2.24, 2.45) is 5.92 Å². The molecule has 0 saturated heterocycles. The second kappa shape index (κ2) is 4.26. The molecule has 0 heterocycles. The van der Waals surface area contributed by atoms with Crippen LogP contribution in [0.25, 0.3) is 0 Å². The van der Waals surface area contributed by atoms with Crippen LogP contribution in [-0.4, -0.2) is 12.0 Å². The van der Waals surface area contributed by atoms with Gasteiger partial charge in [-0.25, -0.2) is 0 Å². The van der Waals surface area contributed by atoms with E-state index < -0.39 is 5.97 Å². The Hall–Kier alpha value is -0.830. The van der Waals surface area contributed by atoms with Gasteiger partial charge in [0.25, 0.3) is 0 Å². The van der Waals surface area contributed by atoms with Gasteiger partial charge >= 0.3 is 0 Å². The highest BCUT2D eigenvalue weighted by Crippen LogP contribution is 2.20. The maximum Gasteiger partial charge on any atom is 0.0927 e. The lowest BCUT2D eigenvalue weighted by molar-refractivity contribution is -0.437. The van der Waals surface area contributed by atoms with Crippen molar-refractivity contribution in [1.82, 2.24) is 0 Å². The molecule has 3 heteroatoms. The molecule has 0 aliphatic heterocycles. The van der Waals surface area contributed by atoms with Gasteiger partial charge in [0, 0.05) is 18.3 Å². The standard InChI is InChI=1S/C9H15NO2/c10-8(6-9(11)12)7-4-2-1-3-5-7/h1-2,7-8H,3-6,10H2,(H,11,12)/t7-,8-/m0/s1. The third-order valence-electron chi connectivity index (χ3n) is 2.41. The first-order valence-corrected chi connectivity index (χ1v) is 4.38. The zero-order valence-corrected chi connectivity index (χ0v) is 7.16. The lowest BCUT2D eigenvalue weighted by Gasteiger charge is -2.21. The van der Waals surface area contributed by atoms with Gasteiger partial charge in [-0.15, -0.1) is 0 Å². The molecule has 0 fully saturated rings. The van der Waals surface area contributed by atoms with E-state index in [1.165, 1.54) is 0 Å². The maximum atomic E-state index is 10.3. The smallest absolute Gasteiger partial charge is 0.0927 e. The molecule has 0 aromatic carbocycles. The van der Waals surface area contributed by atoms with Crippen LogP contribution in [0.1, 0.15) is 25.7 Å². The zero-order chi connectivity index (χ0) is 8.97. The van der Waals surface area contributed by atoms with Crippen molar-refractivity contribution in [2.45, 2.75) is 31.7 Å². The SMILES string of the molecule is [NH3+][C@@H](CC(=O)[O-])[C@H]1CC=CCC1. The fraction of sp³-hybridized carbons (Fsp3) is 0.667. The van der Waals surface area contributed by atoms with E-state index in [9.17, 15) is 9.90 Å². The summed E-state index contributed by atoms with van der Waals surface area (Å²) in [7, 11) is 0. The third-order valence-corrected chi connectivity index (χ3v) is 2.41. The van der Waals surface area contributed by atoms with Crippen LogP contribution < -0.4 is 10.8 Å². The van der Waals surface area contributed by atoms with Crippen LogP contribution in [0.2, 0.25) is 0 Å². The van der Waals surface area contributed by atoms with Gasteiger partial charge in [-0.1, -0.05) is 12.2 Å². The van der Waals surface area contributed by atoms with Crippen LogP contribution in [0, 0.1) is 5.92 Å². The molecule has 1 rings (SSSR count). The van der Waals surface area contributed by atoms with Gasteiger partial charge in [0.15, 0.2) is 0 Å². The number of hydrogen-bond acceptors (Lipinski definition) is 2. The molecule has 2 atom stereocenters. The van der Waals surface area contributed by atoms with E-state index in [1.54, 1.807) is 0 Å². The first-order valence-electron chi connectivity index (χ1n) is 4.38. The Morgan fingerprint density at radius 3 is 2.92 bits per heavy atom. The number of allylic oxidation sites excluding steroid dienone is 2. The summed E-state index contributed by atoms with van der Waals surface area (Å²) < 4.78 is 0. The first kappa shape index (κ1) is 9.26. The second-order valence-electron chi connectivity index (χ2n) is 3.38. The minimum Gasteiger partial charge on any atom is -0.550 e. The molecule has 0 amide bonds. The van der Waals surface area contributed by atoms with Crippen molar-refractivity contribution >= 4 is 5.97 Å². The fourth-order valence-corrected chi connectivity index (χ4v) is 1.63. The second-order valence-corrected chi connectivity index (χ2v) is 3.38. The van der Waals surface area contributed by atoms with Gasteiger partial charge in [-0.3, -0.25) is 0 Å². The molecule has 0 saturated carbocycles. The van der Waals surface area contributed by atoms with E-state index >= 15 is 0 Å². The Labute approximate surface area is 72.3 Å². The Bertz CT molecular complexity index is 189. The molecule has 1 aliphatic carbocycles. The van der Waals surface area contributed by atoms with Crippen LogP contribution >= 0.6 is 0 Å². The van der Waals surface area contributed by atoms with Crippen molar-refractivity contribution in [3.05, 3.63) is 12.2 Å². The van der Waals surface area contributed by atoms with Crippen molar-refractivity contribution in [2.75, 3.05) is 0 Å². The molecule has 0 bridgehead atoms. The van der Waals surface area contributed by atoms with Gasteiger partial charge in [0.05, 0.1) is 6.04 Å². The summed E-state index contributed by atoms with van der Waals surface area (Å²) in [6.07, 6.45) is 7.45. The molecule has 3 N–H and O–H groups in total. The van der Waals surface area contributed by atoms with E-state index in [0.29, 0.717) is 5.92 Å². The van der Waals surface area contributed by atoms with Crippen molar-refractivity contribution in [1.29, 1.82) is 0 Å². The number of aliphatic carboxylic acids is 1. The van der Waals surface area contributed by atoms with Crippen LogP contribution in [0.15, 0.2) is 12.2 Å². The highest BCUT2D eigenvalue weighted by molar-refractivity contribution is 5.64. The number of quaternary nitrogens is 1. The molecule has 0 aromatic rings. The van der Waals surface area contributed by atoms with E-state index in [4.69, 9.17) is 0 Å². The molecular weight excluding hydrogens is 154 g/mol. The summed E-state index contributed by atoms with van der Waals surface area (Å²) in [6.45, 7) is 0. The fourth-order valence-electron chi connectivity index (χ4n) is 1.63.